The van der Waals surface area contributed by atoms with Crippen molar-refractivity contribution in [3.8, 4) is 11.3 Å². The number of hydrogen-bond donors (Lipinski definition) is 0. The molecule has 0 fully saturated rings. The Balaban J connectivity index is 1.47. The highest BCUT2D eigenvalue weighted by Gasteiger charge is 2.12. The summed E-state index contributed by atoms with van der Waals surface area (Å²) in [6.07, 6.45) is 1.77. The Morgan fingerprint density at radius 3 is 2.46 bits per heavy atom. The standard InChI is InChI=1S/C20H18N4OS/c1-15-22-23-20(24(15)13-16-8-4-2-5-9-16)26-14-19-21-12-18(25-19)17-10-6-3-7-11-17/h2-12H,13-14H2,1H3. The van der Waals surface area contributed by atoms with Crippen molar-refractivity contribution < 1.29 is 4.42 Å². The third-order valence-electron chi connectivity index (χ3n) is 4.02. The highest BCUT2D eigenvalue weighted by atomic mass is 32.2. The number of hydrogen-bond acceptors (Lipinski definition) is 5. The van der Waals surface area contributed by atoms with E-state index in [1.165, 1.54) is 5.56 Å². The fourth-order valence-electron chi connectivity index (χ4n) is 2.66. The Morgan fingerprint density at radius 2 is 1.69 bits per heavy atom. The van der Waals surface area contributed by atoms with Gasteiger partial charge in [0.05, 0.1) is 18.5 Å². The van der Waals surface area contributed by atoms with Gasteiger partial charge < -0.3 is 8.98 Å². The van der Waals surface area contributed by atoms with Gasteiger partial charge in [0.1, 0.15) is 5.82 Å². The highest BCUT2D eigenvalue weighted by molar-refractivity contribution is 7.98. The molecule has 4 aromatic rings. The maximum absolute atomic E-state index is 5.87. The van der Waals surface area contributed by atoms with Gasteiger partial charge in [0.25, 0.3) is 0 Å². The van der Waals surface area contributed by atoms with E-state index in [4.69, 9.17) is 4.42 Å². The van der Waals surface area contributed by atoms with E-state index in [-0.39, 0.29) is 0 Å². The average Bonchev–Trinajstić information content (AvgIpc) is 3.29. The van der Waals surface area contributed by atoms with Crippen LogP contribution in [0.5, 0.6) is 0 Å². The van der Waals surface area contributed by atoms with Crippen molar-refractivity contribution in [2.75, 3.05) is 0 Å². The summed E-state index contributed by atoms with van der Waals surface area (Å²) in [5, 5.41) is 9.38. The number of aryl methyl sites for hydroxylation is 1. The second kappa shape index (κ2) is 7.58. The average molecular weight is 362 g/mol. The number of benzene rings is 2. The molecule has 2 heterocycles. The minimum atomic E-state index is 0.611. The van der Waals surface area contributed by atoms with E-state index >= 15 is 0 Å². The molecule has 130 valence electrons. The first kappa shape index (κ1) is 16.6. The number of aromatic nitrogens is 4. The van der Waals surface area contributed by atoms with Crippen LogP contribution in [0.25, 0.3) is 11.3 Å². The zero-order valence-corrected chi connectivity index (χ0v) is 15.2. The second-order valence-electron chi connectivity index (χ2n) is 5.87. The van der Waals surface area contributed by atoms with E-state index in [1.54, 1.807) is 18.0 Å². The largest absolute Gasteiger partial charge is 0.440 e. The zero-order valence-electron chi connectivity index (χ0n) is 14.4. The van der Waals surface area contributed by atoms with Gasteiger partial charge >= 0.3 is 0 Å². The Bertz CT molecular complexity index is 979. The summed E-state index contributed by atoms with van der Waals surface area (Å²) in [5.41, 5.74) is 2.25. The molecule has 6 heteroatoms. The molecule has 26 heavy (non-hydrogen) atoms. The normalized spacial score (nSPS) is 11.0. The van der Waals surface area contributed by atoms with Gasteiger partial charge in [-0.25, -0.2) is 4.98 Å². The van der Waals surface area contributed by atoms with E-state index in [1.807, 2.05) is 55.5 Å². The Kier molecular flexibility index (Phi) is 4.84. The molecule has 0 aliphatic rings. The van der Waals surface area contributed by atoms with Crippen LogP contribution in [-0.2, 0) is 12.3 Å². The van der Waals surface area contributed by atoms with Crippen LogP contribution in [0.2, 0.25) is 0 Å². The van der Waals surface area contributed by atoms with Crippen LogP contribution in [0.4, 0.5) is 0 Å². The monoisotopic (exact) mass is 362 g/mol. The van der Waals surface area contributed by atoms with Gasteiger partial charge in [-0.05, 0) is 12.5 Å². The van der Waals surface area contributed by atoms with Gasteiger partial charge in [-0.15, -0.1) is 10.2 Å². The van der Waals surface area contributed by atoms with E-state index in [2.05, 4.69) is 31.9 Å². The van der Waals surface area contributed by atoms with Crippen LogP contribution in [-0.4, -0.2) is 19.7 Å². The minimum absolute atomic E-state index is 0.611. The number of nitrogens with zero attached hydrogens (tertiary/aromatic N) is 4. The van der Waals surface area contributed by atoms with E-state index in [0.29, 0.717) is 11.6 Å². The van der Waals surface area contributed by atoms with Gasteiger partial charge in [0, 0.05) is 5.56 Å². The number of thioether (sulfide) groups is 1. The van der Waals surface area contributed by atoms with Crippen molar-refractivity contribution in [3.63, 3.8) is 0 Å². The topological polar surface area (TPSA) is 56.7 Å². The molecule has 4 rings (SSSR count). The molecule has 0 aliphatic carbocycles. The lowest BCUT2D eigenvalue weighted by Crippen LogP contribution is -2.03. The molecule has 0 unspecified atom stereocenters. The molecular formula is C20H18N4OS. The summed E-state index contributed by atoms with van der Waals surface area (Å²) < 4.78 is 7.98. The summed E-state index contributed by atoms with van der Waals surface area (Å²) in [4.78, 5) is 4.38. The van der Waals surface area contributed by atoms with Crippen LogP contribution in [0.1, 0.15) is 17.3 Å². The lowest BCUT2D eigenvalue weighted by atomic mass is 10.2. The van der Waals surface area contributed by atoms with Gasteiger partial charge in [0.15, 0.2) is 10.9 Å². The quantitative estimate of drug-likeness (QED) is 0.470. The second-order valence-corrected chi connectivity index (χ2v) is 6.82. The van der Waals surface area contributed by atoms with Crippen LogP contribution in [0.15, 0.2) is 76.4 Å². The van der Waals surface area contributed by atoms with Crippen LogP contribution in [0, 0.1) is 6.92 Å². The lowest BCUT2D eigenvalue weighted by molar-refractivity contribution is 0.529. The van der Waals surface area contributed by atoms with Crippen LogP contribution < -0.4 is 0 Å². The predicted octanol–water partition coefficient (Wildman–Crippen LogP) is 4.58. The first-order valence-electron chi connectivity index (χ1n) is 8.36. The lowest BCUT2D eigenvalue weighted by Gasteiger charge is -2.07. The number of rotatable bonds is 6. The molecule has 2 aromatic heterocycles. The van der Waals surface area contributed by atoms with Crippen molar-refractivity contribution in [1.29, 1.82) is 0 Å². The van der Waals surface area contributed by atoms with Gasteiger partial charge in [-0.1, -0.05) is 72.4 Å². The molecule has 5 nitrogen and oxygen atoms in total. The van der Waals surface area contributed by atoms with Crippen LogP contribution >= 0.6 is 11.8 Å². The van der Waals surface area contributed by atoms with Crippen molar-refractivity contribution in [2.45, 2.75) is 24.4 Å². The third kappa shape index (κ3) is 3.70. The van der Waals surface area contributed by atoms with Crippen molar-refractivity contribution in [2.24, 2.45) is 0 Å². The molecule has 0 spiro atoms. The molecule has 0 saturated heterocycles. The number of oxazole rings is 1. The fourth-order valence-corrected chi connectivity index (χ4v) is 3.49. The maximum Gasteiger partial charge on any atom is 0.205 e. The van der Waals surface area contributed by atoms with Crippen molar-refractivity contribution in [3.05, 3.63) is 84.1 Å². The first-order chi connectivity index (χ1) is 12.8. The van der Waals surface area contributed by atoms with Gasteiger partial charge in [-0.2, -0.15) is 0 Å². The van der Waals surface area contributed by atoms with Crippen molar-refractivity contribution >= 4 is 11.8 Å². The highest BCUT2D eigenvalue weighted by Crippen LogP contribution is 2.25. The predicted molar refractivity (Wildman–Crippen MR) is 102 cm³/mol. The molecule has 2 aromatic carbocycles. The van der Waals surface area contributed by atoms with Crippen LogP contribution in [0.3, 0.4) is 0 Å². The Labute approximate surface area is 156 Å². The summed E-state index contributed by atoms with van der Waals surface area (Å²) in [5.74, 6) is 2.97. The van der Waals surface area contributed by atoms with E-state index < -0.39 is 0 Å². The fraction of sp³-hybridized carbons (Fsp3) is 0.150. The molecular weight excluding hydrogens is 344 g/mol. The van der Waals surface area contributed by atoms with Gasteiger partial charge in [-0.3, -0.25) is 0 Å². The molecule has 0 radical (unpaired) electrons. The minimum Gasteiger partial charge on any atom is -0.440 e. The van der Waals surface area contributed by atoms with Gasteiger partial charge in [0.2, 0.25) is 5.89 Å². The summed E-state index contributed by atoms with van der Waals surface area (Å²) in [7, 11) is 0. The SMILES string of the molecule is Cc1nnc(SCc2ncc(-c3ccccc3)o2)n1Cc1ccccc1. The third-order valence-corrected chi connectivity index (χ3v) is 4.97. The molecule has 0 aliphatic heterocycles. The summed E-state index contributed by atoms with van der Waals surface area (Å²) >= 11 is 1.58. The van der Waals surface area contributed by atoms with E-state index in [9.17, 15) is 0 Å². The summed E-state index contributed by atoms with van der Waals surface area (Å²) in [6.45, 7) is 2.72. The molecule has 0 N–H and O–H groups in total. The maximum atomic E-state index is 5.87. The van der Waals surface area contributed by atoms with E-state index in [0.717, 1.165) is 28.8 Å². The Morgan fingerprint density at radius 1 is 0.962 bits per heavy atom. The smallest absolute Gasteiger partial charge is 0.205 e. The van der Waals surface area contributed by atoms with Crippen molar-refractivity contribution in [1.82, 2.24) is 19.7 Å². The molecule has 0 atom stereocenters. The molecule has 0 saturated carbocycles. The Hall–Kier alpha value is -2.86. The molecule has 0 amide bonds. The molecule has 0 bridgehead atoms. The zero-order chi connectivity index (χ0) is 17.8. The summed E-state index contributed by atoms with van der Waals surface area (Å²) in [6, 6.07) is 20.3. The first-order valence-corrected chi connectivity index (χ1v) is 9.35.